The van der Waals surface area contributed by atoms with Crippen LogP contribution in [0.2, 0.25) is 0 Å². The number of nitrogens with one attached hydrogen (secondary N) is 1. The van der Waals surface area contributed by atoms with Gasteiger partial charge in [0.2, 0.25) is 17.7 Å². The summed E-state index contributed by atoms with van der Waals surface area (Å²) >= 11 is 0. The molecule has 0 saturated carbocycles. The Morgan fingerprint density at radius 1 is 1.24 bits per heavy atom. The van der Waals surface area contributed by atoms with E-state index < -0.39 is 5.91 Å². The molecule has 1 heterocycles. The van der Waals surface area contributed by atoms with Gasteiger partial charge in [-0.15, -0.1) is 0 Å². The number of rotatable bonds is 3. The maximum atomic E-state index is 12.0. The highest BCUT2D eigenvalue weighted by atomic mass is 16.2. The zero-order chi connectivity index (χ0) is 15.7. The second-order valence-electron chi connectivity index (χ2n) is 5.46. The van der Waals surface area contributed by atoms with Crippen LogP contribution in [-0.2, 0) is 14.4 Å². The number of nitrogens with zero attached hydrogens (tertiary/aromatic N) is 1. The molecule has 2 unspecified atom stereocenters. The van der Waals surface area contributed by atoms with E-state index in [0.29, 0.717) is 11.4 Å². The van der Waals surface area contributed by atoms with Crippen molar-refractivity contribution in [3.8, 4) is 0 Å². The summed E-state index contributed by atoms with van der Waals surface area (Å²) in [5.74, 6) is -1.76. The van der Waals surface area contributed by atoms with E-state index in [0.717, 1.165) is 10.5 Å². The number of amides is 3. The molecule has 2 atom stereocenters. The Morgan fingerprint density at radius 2 is 1.81 bits per heavy atom. The second-order valence-corrected chi connectivity index (χ2v) is 5.46. The lowest BCUT2D eigenvalue weighted by atomic mass is 10.00. The van der Waals surface area contributed by atoms with Gasteiger partial charge < -0.3 is 11.1 Å². The number of anilines is 2. The Morgan fingerprint density at radius 3 is 2.38 bits per heavy atom. The van der Waals surface area contributed by atoms with Crippen LogP contribution >= 0.6 is 0 Å². The average molecular weight is 289 g/mol. The molecule has 0 spiro atoms. The molecule has 3 amide bonds. The Bertz CT molecular complexity index is 592. The topological polar surface area (TPSA) is 92.5 Å². The Kier molecular flexibility index (Phi) is 3.97. The first-order chi connectivity index (χ1) is 9.81. The zero-order valence-electron chi connectivity index (χ0n) is 12.3. The van der Waals surface area contributed by atoms with Crippen LogP contribution in [0.5, 0.6) is 0 Å². The monoisotopic (exact) mass is 289 g/mol. The molecule has 0 aromatic heterocycles. The molecule has 3 N–H and O–H groups in total. The van der Waals surface area contributed by atoms with Crippen molar-refractivity contribution in [3.63, 3.8) is 0 Å². The van der Waals surface area contributed by atoms with E-state index in [4.69, 9.17) is 5.73 Å². The van der Waals surface area contributed by atoms with Crippen LogP contribution in [0.1, 0.15) is 19.4 Å². The molecular formula is C15H19N3O3. The van der Waals surface area contributed by atoms with E-state index in [2.05, 4.69) is 5.32 Å². The molecular weight excluding hydrogens is 270 g/mol. The van der Waals surface area contributed by atoms with Gasteiger partial charge in [0.25, 0.3) is 0 Å². The van der Waals surface area contributed by atoms with Crippen LogP contribution in [0, 0.1) is 18.8 Å². The van der Waals surface area contributed by atoms with E-state index in [1.54, 1.807) is 32.0 Å². The van der Waals surface area contributed by atoms with Gasteiger partial charge in [0.1, 0.15) is 6.54 Å². The summed E-state index contributed by atoms with van der Waals surface area (Å²) in [4.78, 5) is 36.9. The van der Waals surface area contributed by atoms with Gasteiger partial charge in [-0.2, -0.15) is 0 Å². The van der Waals surface area contributed by atoms with Crippen LogP contribution < -0.4 is 11.1 Å². The van der Waals surface area contributed by atoms with Gasteiger partial charge in [0, 0.05) is 23.2 Å². The first-order valence-corrected chi connectivity index (χ1v) is 6.82. The number of imide groups is 1. The van der Waals surface area contributed by atoms with Crippen molar-refractivity contribution in [2.45, 2.75) is 20.8 Å². The summed E-state index contributed by atoms with van der Waals surface area (Å²) in [5, 5.41) is 2.68. The number of nitrogen functional groups attached to an aromatic ring is 1. The molecule has 6 heteroatoms. The van der Waals surface area contributed by atoms with E-state index in [1.165, 1.54) is 0 Å². The van der Waals surface area contributed by atoms with Crippen molar-refractivity contribution < 1.29 is 14.4 Å². The lowest BCUT2D eigenvalue weighted by molar-refractivity contribution is -0.142. The predicted molar refractivity (Wildman–Crippen MR) is 79.3 cm³/mol. The molecule has 2 rings (SSSR count). The Hall–Kier alpha value is -2.37. The standard InChI is InChI=1S/C15H19N3O3/c1-8-4-5-11(16)6-12(8)17-13(19)7-18-14(20)9(2)10(3)15(18)21/h4-6,9-10H,7,16H2,1-3H3,(H,17,19). The van der Waals surface area contributed by atoms with E-state index in [1.807, 2.05) is 6.92 Å². The maximum absolute atomic E-state index is 12.0. The van der Waals surface area contributed by atoms with Gasteiger partial charge in [-0.25, -0.2) is 0 Å². The summed E-state index contributed by atoms with van der Waals surface area (Å²) in [5.41, 5.74) is 7.65. The summed E-state index contributed by atoms with van der Waals surface area (Å²) in [6.45, 7) is 4.97. The van der Waals surface area contributed by atoms with Gasteiger partial charge in [-0.05, 0) is 24.6 Å². The molecule has 1 aromatic carbocycles. The maximum Gasteiger partial charge on any atom is 0.244 e. The van der Waals surface area contributed by atoms with Gasteiger partial charge in [0.05, 0.1) is 0 Å². The van der Waals surface area contributed by atoms with E-state index >= 15 is 0 Å². The fraction of sp³-hybridized carbons (Fsp3) is 0.400. The van der Waals surface area contributed by atoms with Crippen LogP contribution in [0.15, 0.2) is 18.2 Å². The molecule has 1 aromatic rings. The number of aryl methyl sites for hydroxylation is 1. The van der Waals surface area contributed by atoms with Crippen molar-refractivity contribution in [1.29, 1.82) is 0 Å². The molecule has 0 radical (unpaired) electrons. The van der Waals surface area contributed by atoms with E-state index in [9.17, 15) is 14.4 Å². The molecule has 1 aliphatic heterocycles. The normalized spacial score (nSPS) is 21.8. The summed E-state index contributed by atoms with van der Waals surface area (Å²) in [7, 11) is 0. The summed E-state index contributed by atoms with van der Waals surface area (Å²) in [6.07, 6.45) is 0. The highest BCUT2D eigenvalue weighted by Gasteiger charge is 2.42. The van der Waals surface area contributed by atoms with Crippen molar-refractivity contribution in [3.05, 3.63) is 23.8 Å². The third kappa shape index (κ3) is 2.89. The van der Waals surface area contributed by atoms with E-state index in [-0.39, 0.29) is 30.2 Å². The SMILES string of the molecule is Cc1ccc(N)cc1NC(=O)CN1C(=O)C(C)C(C)C1=O. The highest BCUT2D eigenvalue weighted by molar-refractivity contribution is 6.08. The first kappa shape index (κ1) is 15.0. The Labute approximate surface area is 123 Å². The lowest BCUT2D eigenvalue weighted by Crippen LogP contribution is -2.38. The van der Waals surface area contributed by atoms with Gasteiger partial charge in [-0.1, -0.05) is 19.9 Å². The minimum atomic E-state index is -0.410. The van der Waals surface area contributed by atoms with Crippen molar-refractivity contribution in [2.24, 2.45) is 11.8 Å². The highest BCUT2D eigenvalue weighted by Crippen LogP contribution is 2.25. The zero-order valence-corrected chi connectivity index (χ0v) is 12.3. The molecule has 112 valence electrons. The fourth-order valence-corrected chi connectivity index (χ4v) is 2.29. The van der Waals surface area contributed by atoms with Gasteiger partial charge in [0.15, 0.2) is 0 Å². The van der Waals surface area contributed by atoms with Crippen molar-refractivity contribution in [1.82, 2.24) is 4.90 Å². The number of hydrogen-bond donors (Lipinski definition) is 2. The lowest BCUT2D eigenvalue weighted by Gasteiger charge is -2.15. The van der Waals surface area contributed by atoms with Crippen molar-refractivity contribution in [2.75, 3.05) is 17.6 Å². The first-order valence-electron chi connectivity index (χ1n) is 6.82. The number of likely N-dealkylation sites (tertiary alicyclic amines) is 1. The summed E-state index contributed by atoms with van der Waals surface area (Å²) in [6, 6.07) is 5.18. The van der Waals surface area contributed by atoms with Crippen LogP contribution in [-0.4, -0.2) is 29.2 Å². The predicted octanol–water partition coefficient (Wildman–Crippen LogP) is 1.16. The quantitative estimate of drug-likeness (QED) is 0.645. The van der Waals surface area contributed by atoms with Crippen LogP contribution in [0.3, 0.4) is 0 Å². The minimum absolute atomic E-state index is 0.263. The molecule has 0 bridgehead atoms. The Balaban J connectivity index is 2.07. The van der Waals surface area contributed by atoms with Gasteiger partial charge in [-0.3, -0.25) is 19.3 Å². The van der Waals surface area contributed by atoms with Crippen molar-refractivity contribution >= 4 is 29.1 Å². The number of carbonyl (C=O) groups is 3. The van der Waals surface area contributed by atoms with Crippen LogP contribution in [0.4, 0.5) is 11.4 Å². The third-order valence-corrected chi connectivity index (χ3v) is 3.90. The fourth-order valence-electron chi connectivity index (χ4n) is 2.29. The number of benzene rings is 1. The molecule has 1 fully saturated rings. The second kappa shape index (κ2) is 5.55. The smallest absolute Gasteiger partial charge is 0.244 e. The number of nitrogens with two attached hydrogens (primary N) is 1. The minimum Gasteiger partial charge on any atom is -0.399 e. The largest absolute Gasteiger partial charge is 0.399 e. The van der Waals surface area contributed by atoms with Crippen LogP contribution in [0.25, 0.3) is 0 Å². The molecule has 21 heavy (non-hydrogen) atoms. The molecule has 6 nitrogen and oxygen atoms in total. The number of hydrogen-bond acceptors (Lipinski definition) is 4. The molecule has 1 aliphatic rings. The molecule has 1 saturated heterocycles. The molecule has 0 aliphatic carbocycles. The van der Waals surface area contributed by atoms with Gasteiger partial charge >= 0.3 is 0 Å². The average Bonchev–Trinajstić information content (AvgIpc) is 2.61. The summed E-state index contributed by atoms with van der Waals surface area (Å²) < 4.78 is 0. The number of carbonyl (C=O) groups excluding carboxylic acids is 3. The third-order valence-electron chi connectivity index (χ3n) is 3.90.